The zero-order valence-electron chi connectivity index (χ0n) is 14.7. The van der Waals surface area contributed by atoms with E-state index in [1.807, 2.05) is 23.8 Å². The Labute approximate surface area is 151 Å². The fourth-order valence-electron chi connectivity index (χ4n) is 3.86. The highest BCUT2D eigenvalue weighted by Gasteiger charge is 2.47. The van der Waals surface area contributed by atoms with E-state index >= 15 is 0 Å². The first kappa shape index (κ1) is 18.2. The summed E-state index contributed by atoms with van der Waals surface area (Å²) in [6.45, 7) is 4.21. The van der Waals surface area contributed by atoms with Crippen LogP contribution in [-0.2, 0) is 16.0 Å². The quantitative estimate of drug-likeness (QED) is 0.744. The highest BCUT2D eigenvalue weighted by Crippen LogP contribution is 2.42. The Bertz CT molecular complexity index is 641. The molecule has 0 aliphatic carbocycles. The molecular weight excluding hydrogens is 342 g/mol. The zero-order valence-corrected chi connectivity index (χ0v) is 15.5. The second-order valence-corrected chi connectivity index (χ2v) is 8.00. The van der Waals surface area contributed by atoms with Crippen molar-refractivity contribution in [1.82, 2.24) is 25.0 Å². The number of rotatable bonds is 5. The molecule has 2 fully saturated rings. The summed E-state index contributed by atoms with van der Waals surface area (Å²) >= 11 is 1.36. The van der Waals surface area contributed by atoms with Crippen molar-refractivity contribution in [2.45, 2.75) is 43.8 Å². The molecule has 3 heterocycles. The standard InChI is InChI=1S/C16H25N5O3S/c1-3-12-17-15(19-18-12)25-9-13(22)21-6-4-16(5-7-21)8-11(14(23)24)20(2)10-16/h11H,3-10H2,1-2H3,(H,23,24)(H,17,18,19)/t11-/m0/s1. The molecule has 9 heteroatoms. The number of likely N-dealkylation sites (tertiary alicyclic amines) is 2. The van der Waals surface area contributed by atoms with Crippen LogP contribution in [0.3, 0.4) is 0 Å². The van der Waals surface area contributed by atoms with E-state index in [4.69, 9.17) is 0 Å². The zero-order chi connectivity index (χ0) is 18.0. The average molecular weight is 367 g/mol. The smallest absolute Gasteiger partial charge is 0.320 e. The molecule has 0 saturated carbocycles. The fourth-order valence-corrected chi connectivity index (χ4v) is 4.58. The van der Waals surface area contributed by atoms with Crippen molar-refractivity contribution in [3.63, 3.8) is 0 Å². The summed E-state index contributed by atoms with van der Waals surface area (Å²) in [6, 6.07) is -0.392. The minimum Gasteiger partial charge on any atom is -0.480 e. The van der Waals surface area contributed by atoms with Crippen molar-refractivity contribution in [1.29, 1.82) is 0 Å². The normalized spacial score (nSPS) is 23.3. The molecule has 1 spiro atoms. The van der Waals surface area contributed by atoms with Gasteiger partial charge in [-0.3, -0.25) is 19.6 Å². The van der Waals surface area contributed by atoms with Gasteiger partial charge in [-0.25, -0.2) is 4.98 Å². The maximum Gasteiger partial charge on any atom is 0.320 e. The van der Waals surface area contributed by atoms with Gasteiger partial charge in [-0.05, 0) is 31.7 Å². The number of hydrogen-bond donors (Lipinski definition) is 2. The molecule has 8 nitrogen and oxygen atoms in total. The number of piperidine rings is 1. The van der Waals surface area contributed by atoms with Crippen LogP contribution in [0.1, 0.15) is 32.0 Å². The van der Waals surface area contributed by atoms with E-state index in [2.05, 4.69) is 15.2 Å². The van der Waals surface area contributed by atoms with E-state index in [1.54, 1.807) is 0 Å². The van der Waals surface area contributed by atoms with Gasteiger partial charge in [0.15, 0.2) is 0 Å². The molecule has 0 aromatic carbocycles. The molecule has 1 amide bonds. The van der Waals surface area contributed by atoms with Gasteiger partial charge in [0.05, 0.1) is 5.75 Å². The third-order valence-electron chi connectivity index (χ3n) is 5.38. The number of nitrogens with zero attached hydrogens (tertiary/aromatic N) is 4. The Morgan fingerprint density at radius 2 is 2.12 bits per heavy atom. The van der Waals surface area contributed by atoms with Gasteiger partial charge in [0, 0.05) is 26.1 Å². The second kappa shape index (κ2) is 7.33. The number of amides is 1. The first-order valence-electron chi connectivity index (χ1n) is 8.67. The Kier molecular flexibility index (Phi) is 5.33. The van der Waals surface area contributed by atoms with E-state index < -0.39 is 12.0 Å². The molecule has 2 aliphatic rings. The maximum absolute atomic E-state index is 12.4. The van der Waals surface area contributed by atoms with Gasteiger partial charge >= 0.3 is 5.97 Å². The van der Waals surface area contributed by atoms with Crippen LogP contribution < -0.4 is 0 Å². The molecule has 2 N–H and O–H groups in total. The van der Waals surface area contributed by atoms with Gasteiger partial charge in [-0.15, -0.1) is 5.10 Å². The maximum atomic E-state index is 12.4. The molecule has 1 aromatic heterocycles. The second-order valence-electron chi connectivity index (χ2n) is 7.06. The lowest BCUT2D eigenvalue weighted by Gasteiger charge is -2.39. The number of carboxylic acids is 1. The Morgan fingerprint density at radius 3 is 2.68 bits per heavy atom. The van der Waals surface area contributed by atoms with Crippen molar-refractivity contribution < 1.29 is 14.7 Å². The van der Waals surface area contributed by atoms with Crippen molar-refractivity contribution in [3.8, 4) is 0 Å². The van der Waals surface area contributed by atoms with Crippen molar-refractivity contribution in [2.24, 2.45) is 5.41 Å². The number of likely N-dealkylation sites (N-methyl/N-ethyl adjacent to an activating group) is 1. The predicted molar refractivity (Wildman–Crippen MR) is 93.4 cm³/mol. The molecule has 0 radical (unpaired) electrons. The number of H-pyrrole nitrogens is 1. The Morgan fingerprint density at radius 1 is 1.40 bits per heavy atom. The summed E-state index contributed by atoms with van der Waals surface area (Å²) in [6.07, 6.45) is 3.23. The van der Waals surface area contributed by atoms with Crippen LogP contribution in [0.25, 0.3) is 0 Å². The third kappa shape index (κ3) is 3.98. The van der Waals surface area contributed by atoms with Gasteiger partial charge in [-0.2, -0.15) is 0 Å². The lowest BCUT2D eigenvalue weighted by atomic mass is 9.76. The Balaban J connectivity index is 1.48. The number of thioether (sulfide) groups is 1. The predicted octanol–water partition coefficient (Wildman–Crippen LogP) is 0.857. The number of hydrogen-bond acceptors (Lipinski definition) is 6. The molecule has 25 heavy (non-hydrogen) atoms. The van der Waals surface area contributed by atoms with Crippen LogP contribution >= 0.6 is 11.8 Å². The van der Waals surface area contributed by atoms with E-state index in [0.29, 0.717) is 30.4 Å². The van der Waals surface area contributed by atoms with Gasteiger partial charge in [0.25, 0.3) is 0 Å². The summed E-state index contributed by atoms with van der Waals surface area (Å²) in [5, 5.41) is 16.9. The van der Waals surface area contributed by atoms with Crippen molar-refractivity contribution >= 4 is 23.6 Å². The summed E-state index contributed by atoms with van der Waals surface area (Å²) in [5.41, 5.74) is 0.0432. The first-order chi connectivity index (χ1) is 11.9. The molecule has 138 valence electrons. The summed E-state index contributed by atoms with van der Waals surface area (Å²) in [7, 11) is 1.88. The van der Waals surface area contributed by atoms with E-state index in [-0.39, 0.29) is 11.3 Å². The number of aromatic amines is 1. The third-order valence-corrected chi connectivity index (χ3v) is 6.21. The van der Waals surface area contributed by atoms with Crippen molar-refractivity contribution in [3.05, 3.63) is 5.82 Å². The van der Waals surface area contributed by atoms with Gasteiger partial charge in [0.1, 0.15) is 11.9 Å². The number of aryl methyl sites for hydroxylation is 1. The number of aliphatic carboxylic acids is 1. The molecule has 1 atom stereocenters. The van der Waals surface area contributed by atoms with Gasteiger partial charge in [-0.1, -0.05) is 18.7 Å². The first-order valence-corrected chi connectivity index (χ1v) is 9.66. The number of carbonyl (C=O) groups is 2. The molecule has 0 unspecified atom stereocenters. The van der Waals surface area contributed by atoms with Crippen molar-refractivity contribution in [2.75, 3.05) is 32.4 Å². The van der Waals surface area contributed by atoms with Crippen LogP contribution in [0.4, 0.5) is 0 Å². The van der Waals surface area contributed by atoms with Crippen LogP contribution in [0, 0.1) is 5.41 Å². The summed E-state index contributed by atoms with van der Waals surface area (Å²) < 4.78 is 0. The largest absolute Gasteiger partial charge is 0.480 e. The van der Waals surface area contributed by atoms with Crippen LogP contribution in [0.2, 0.25) is 0 Å². The highest BCUT2D eigenvalue weighted by molar-refractivity contribution is 7.99. The lowest BCUT2D eigenvalue weighted by molar-refractivity contribution is -0.142. The SMILES string of the molecule is CCc1nc(SCC(=O)N2CCC3(CC2)C[C@@H](C(=O)O)N(C)C3)n[nH]1. The molecule has 1 aromatic rings. The molecule has 2 saturated heterocycles. The van der Waals surface area contributed by atoms with E-state index in [9.17, 15) is 14.7 Å². The lowest BCUT2D eigenvalue weighted by Crippen LogP contribution is -2.44. The molecule has 2 aliphatic heterocycles. The van der Waals surface area contributed by atoms with Gasteiger partial charge in [0.2, 0.25) is 11.1 Å². The summed E-state index contributed by atoms with van der Waals surface area (Å²) in [4.78, 5) is 31.9. The fraction of sp³-hybridized carbons (Fsp3) is 0.750. The average Bonchev–Trinajstić information content (AvgIpc) is 3.18. The minimum atomic E-state index is -0.743. The summed E-state index contributed by atoms with van der Waals surface area (Å²) in [5.74, 6) is 0.523. The molecule has 3 rings (SSSR count). The number of nitrogens with one attached hydrogen (secondary N) is 1. The van der Waals surface area contributed by atoms with Crippen LogP contribution in [-0.4, -0.2) is 80.4 Å². The number of aromatic nitrogens is 3. The minimum absolute atomic E-state index is 0.0432. The Hall–Kier alpha value is -1.61. The van der Waals surface area contributed by atoms with Crippen LogP contribution in [0.5, 0.6) is 0 Å². The monoisotopic (exact) mass is 367 g/mol. The number of carboxylic acid groups (broad SMARTS) is 1. The van der Waals surface area contributed by atoms with E-state index in [0.717, 1.165) is 31.6 Å². The van der Waals surface area contributed by atoms with Crippen LogP contribution in [0.15, 0.2) is 5.16 Å². The van der Waals surface area contributed by atoms with Gasteiger partial charge < -0.3 is 10.0 Å². The number of carbonyl (C=O) groups excluding carboxylic acids is 1. The topological polar surface area (TPSA) is 102 Å². The molecular formula is C16H25N5O3S. The van der Waals surface area contributed by atoms with E-state index in [1.165, 1.54) is 11.8 Å². The highest BCUT2D eigenvalue weighted by atomic mass is 32.2. The molecule has 0 bridgehead atoms.